The number of amides is 1. The molecule has 3 N–H and O–H groups in total. The molecule has 0 unspecified atom stereocenters. The van der Waals surface area contributed by atoms with Crippen LogP contribution in [0.1, 0.15) is 24.2 Å². The summed E-state index contributed by atoms with van der Waals surface area (Å²) in [6, 6.07) is 5.09. The molecule has 0 aliphatic carbocycles. The van der Waals surface area contributed by atoms with Crippen LogP contribution < -0.4 is 10.1 Å². The summed E-state index contributed by atoms with van der Waals surface area (Å²) in [5, 5.41) is 19.8. The van der Waals surface area contributed by atoms with E-state index in [-0.39, 0.29) is 11.7 Å². The Morgan fingerprint density at radius 3 is 2.58 bits per heavy atom. The fourth-order valence-corrected chi connectivity index (χ4v) is 1.41. The first-order valence-corrected chi connectivity index (χ1v) is 5.85. The number of ether oxygens (including phenoxy) is 1. The molecule has 0 saturated carbocycles. The lowest BCUT2D eigenvalue weighted by Crippen LogP contribution is -2.43. The van der Waals surface area contributed by atoms with Crippen LogP contribution in [0.2, 0.25) is 0 Å². The zero-order valence-corrected chi connectivity index (χ0v) is 10.8. The van der Waals surface area contributed by atoms with Gasteiger partial charge in [-0.25, -0.2) is 4.79 Å². The van der Waals surface area contributed by atoms with E-state index < -0.39 is 24.5 Å². The monoisotopic (exact) mass is 267 g/mol. The lowest BCUT2D eigenvalue weighted by Gasteiger charge is -2.13. The molecule has 0 aliphatic heterocycles. The molecular formula is C13H17NO5. The highest BCUT2D eigenvalue weighted by Crippen LogP contribution is 2.15. The second-order valence-corrected chi connectivity index (χ2v) is 4.24. The number of aliphatic hydroxyl groups excluding tert-OH is 1. The molecule has 0 saturated heterocycles. The van der Waals surface area contributed by atoms with Crippen molar-refractivity contribution in [3.05, 3.63) is 29.8 Å². The number of carboxylic acids is 1. The molecule has 104 valence electrons. The van der Waals surface area contributed by atoms with Gasteiger partial charge in [-0.2, -0.15) is 0 Å². The van der Waals surface area contributed by atoms with E-state index in [4.69, 9.17) is 14.9 Å². The fourth-order valence-electron chi connectivity index (χ4n) is 1.41. The summed E-state index contributed by atoms with van der Waals surface area (Å²) >= 11 is 0. The maximum atomic E-state index is 11.8. The number of carbonyl (C=O) groups excluding carboxylic acids is 1. The first-order valence-electron chi connectivity index (χ1n) is 5.85. The Hall–Kier alpha value is -2.08. The van der Waals surface area contributed by atoms with Crippen LogP contribution >= 0.6 is 0 Å². The Morgan fingerprint density at radius 1 is 1.37 bits per heavy atom. The van der Waals surface area contributed by atoms with Gasteiger partial charge in [0.05, 0.1) is 12.7 Å². The first-order chi connectivity index (χ1) is 8.93. The predicted molar refractivity (Wildman–Crippen MR) is 68.2 cm³/mol. The molecule has 1 atom stereocenters. The molecule has 0 heterocycles. The smallest absolute Gasteiger partial charge is 0.328 e. The molecule has 0 aromatic heterocycles. The van der Waals surface area contributed by atoms with Gasteiger partial charge in [-0.3, -0.25) is 4.79 Å². The minimum absolute atomic E-state index is 0.0254. The third kappa shape index (κ3) is 4.59. The van der Waals surface area contributed by atoms with Crippen molar-refractivity contribution in [2.24, 2.45) is 0 Å². The van der Waals surface area contributed by atoms with Crippen molar-refractivity contribution in [3.8, 4) is 5.75 Å². The Morgan fingerprint density at radius 2 is 2.05 bits per heavy atom. The molecular weight excluding hydrogens is 250 g/mol. The van der Waals surface area contributed by atoms with Crippen molar-refractivity contribution in [2.45, 2.75) is 26.0 Å². The lowest BCUT2D eigenvalue weighted by atomic mass is 10.2. The van der Waals surface area contributed by atoms with E-state index in [0.717, 1.165) is 0 Å². The van der Waals surface area contributed by atoms with Crippen LogP contribution in [0.15, 0.2) is 24.3 Å². The van der Waals surface area contributed by atoms with E-state index in [0.29, 0.717) is 5.75 Å². The van der Waals surface area contributed by atoms with Gasteiger partial charge in [-0.15, -0.1) is 0 Å². The van der Waals surface area contributed by atoms with Gasteiger partial charge in [0.2, 0.25) is 0 Å². The minimum atomic E-state index is -1.32. The first kappa shape index (κ1) is 15.0. The quantitative estimate of drug-likeness (QED) is 0.703. The number of aliphatic hydroxyl groups is 1. The Balaban J connectivity index is 2.79. The average molecular weight is 267 g/mol. The van der Waals surface area contributed by atoms with E-state index in [1.807, 2.05) is 13.8 Å². The van der Waals surface area contributed by atoms with Crippen LogP contribution in [-0.2, 0) is 4.79 Å². The van der Waals surface area contributed by atoms with Gasteiger partial charge in [0.1, 0.15) is 5.75 Å². The Kier molecular flexibility index (Phi) is 5.32. The third-order valence-electron chi connectivity index (χ3n) is 2.25. The molecule has 0 spiro atoms. The fraction of sp³-hybridized carbons (Fsp3) is 0.385. The summed E-state index contributed by atoms with van der Waals surface area (Å²) in [6.07, 6.45) is -0.0254. The molecule has 1 aromatic carbocycles. The normalized spacial score (nSPS) is 12.0. The van der Waals surface area contributed by atoms with Crippen LogP contribution in [0.25, 0.3) is 0 Å². The molecule has 0 radical (unpaired) electrons. The van der Waals surface area contributed by atoms with Crippen LogP contribution in [0.3, 0.4) is 0 Å². The maximum Gasteiger partial charge on any atom is 0.328 e. The van der Waals surface area contributed by atoms with E-state index >= 15 is 0 Å². The number of carbonyl (C=O) groups is 2. The highest BCUT2D eigenvalue weighted by Gasteiger charge is 2.19. The van der Waals surface area contributed by atoms with Crippen molar-refractivity contribution in [1.82, 2.24) is 5.32 Å². The number of nitrogens with one attached hydrogen (secondary N) is 1. The van der Waals surface area contributed by atoms with E-state index in [1.165, 1.54) is 6.07 Å². The molecule has 0 fully saturated rings. The topological polar surface area (TPSA) is 95.9 Å². The van der Waals surface area contributed by atoms with Crippen LogP contribution in [-0.4, -0.2) is 40.8 Å². The van der Waals surface area contributed by atoms with Gasteiger partial charge in [-0.1, -0.05) is 6.07 Å². The summed E-state index contributed by atoms with van der Waals surface area (Å²) < 4.78 is 5.44. The number of hydrogen-bond donors (Lipinski definition) is 3. The summed E-state index contributed by atoms with van der Waals surface area (Å²) in [6.45, 7) is 3.06. The van der Waals surface area contributed by atoms with Crippen LogP contribution in [0.4, 0.5) is 0 Å². The molecule has 19 heavy (non-hydrogen) atoms. The largest absolute Gasteiger partial charge is 0.491 e. The molecule has 1 rings (SSSR count). The average Bonchev–Trinajstić information content (AvgIpc) is 2.34. The summed E-state index contributed by atoms with van der Waals surface area (Å²) in [4.78, 5) is 22.5. The van der Waals surface area contributed by atoms with Gasteiger partial charge in [-0.05, 0) is 32.0 Å². The Labute approximate surface area is 111 Å². The van der Waals surface area contributed by atoms with Crippen molar-refractivity contribution >= 4 is 11.9 Å². The molecule has 6 nitrogen and oxygen atoms in total. The standard InChI is InChI=1S/C13H17NO5/c1-8(2)19-10-5-3-4-9(6-10)12(16)14-11(7-15)13(17)18/h3-6,8,11,15H,7H2,1-2H3,(H,14,16)(H,17,18)/t11-/m0/s1. The number of rotatable bonds is 6. The van der Waals surface area contributed by atoms with E-state index in [2.05, 4.69) is 5.32 Å². The maximum absolute atomic E-state index is 11.8. The van der Waals surface area contributed by atoms with Gasteiger partial charge >= 0.3 is 5.97 Å². The Bertz CT molecular complexity index is 458. The summed E-state index contributed by atoms with van der Waals surface area (Å²) in [5.74, 6) is -1.33. The number of carboxylic acid groups (broad SMARTS) is 1. The number of benzene rings is 1. The van der Waals surface area contributed by atoms with E-state index in [9.17, 15) is 9.59 Å². The minimum Gasteiger partial charge on any atom is -0.491 e. The SMILES string of the molecule is CC(C)Oc1cccc(C(=O)N[C@@H](CO)C(=O)O)c1. The molecule has 1 aromatic rings. The summed E-state index contributed by atoms with van der Waals surface area (Å²) in [7, 11) is 0. The van der Waals surface area contributed by atoms with Crippen molar-refractivity contribution < 1.29 is 24.5 Å². The van der Waals surface area contributed by atoms with Gasteiger partial charge in [0.15, 0.2) is 6.04 Å². The van der Waals surface area contributed by atoms with Crippen molar-refractivity contribution in [2.75, 3.05) is 6.61 Å². The van der Waals surface area contributed by atoms with E-state index in [1.54, 1.807) is 18.2 Å². The number of hydrogen-bond acceptors (Lipinski definition) is 4. The second-order valence-electron chi connectivity index (χ2n) is 4.24. The van der Waals surface area contributed by atoms with Gasteiger partial charge in [0.25, 0.3) is 5.91 Å². The highest BCUT2D eigenvalue weighted by atomic mass is 16.5. The lowest BCUT2D eigenvalue weighted by molar-refractivity contribution is -0.140. The van der Waals surface area contributed by atoms with Crippen molar-refractivity contribution in [1.29, 1.82) is 0 Å². The molecule has 1 amide bonds. The second kappa shape index (κ2) is 6.75. The van der Waals surface area contributed by atoms with Crippen molar-refractivity contribution in [3.63, 3.8) is 0 Å². The third-order valence-corrected chi connectivity index (χ3v) is 2.25. The highest BCUT2D eigenvalue weighted by molar-refractivity contribution is 5.96. The van der Waals surface area contributed by atoms with Gasteiger partial charge in [0, 0.05) is 5.56 Å². The molecule has 0 bridgehead atoms. The molecule has 6 heteroatoms. The zero-order valence-electron chi connectivity index (χ0n) is 10.8. The molecule has 0 aliphatic rings. The summed E-state index contributed by atoms with van der Waals surface area (Å²) in [5.41, 5.74) is 0.276. The van der Waals surface area contributed by atoms with Crippen LogP contribution in [0, 0.1) is 0 Å². The number of aliphatic carboxylic acids is 1. The van der Waals surface area contributed by atoms with Crippen LogP contribution in [0.5, 0.6) is 5.75 Å². The predicted octanol–water partition coefficient (Wildman–Crippen LogP) is 0.649. The zero-order chi connectivity index (χ0) is 14.4. The van der Waals surface area contributed by atoms with Gasteiger partial charge < -0.3 is 20.3 Å².